The Morgan fingerprint density at radius 1 is 1.30 bits per heavy atom. The topological polar surface area (TPSA) is 34.4 Å². The SMILES string of the molecule is CCCn1c(=NC(=O)c2cccc(F)c2)sc2cccc(Cl)c21. The first kappa shape index (κ1) is 15.9. The molecule has 0 aliphatic heterocycles. The molecule has 0 aliphatic rings. The Morgan fingerprint density at radius 2 is 2.09 bits per heavy atom. The molecule has 1 heterocycles. The van der Waals surface area contributed by atoms with E-state index in [4.69, 9.17) is 11.6 Å². The first-order valence-corrected chi connectivity index (χ1v) is 8.42. The normalized spacial score (nSPS) is 12.0. The van der Waals surface area contributed by atoms with E-state index in [0.29, 0.717) is 16.4 Å². The van der Waals surface area contributed by atoms with Gasteiger partial charge in [0.1, 0.15) is 5.82 Å². The molecular weight excluding hydrogens is 335 g/mol. The van der Waals surface area contributed by atoms with Crippen molar-refractivity contribution in [1.29, 1.82) is 0 Å². The zero-order chi connectivity index (χ0) is 16.4. The number of carbonyl (C=O) groups is 1. The van der Waals surface area contributed by atoms with E-state index in [1.54, 1.807) is 6.07 Å². The molecule has 0 saturated carbocycles. The molecule has 0 saturated heterocycles. The Kier molecular flexibility index (Phi) is 4.59. The highest BCUT2D eigenvalue weighted by atomic mass is 35.5. The Labute approximate surface area is 141 Å². The third kappa shape index (κ3) is 3.21. The van der Waals surface area contributed by atoms with Crippen LogP contribution in [0.3, 0.4) is 0 Å². The molecule has 0 aliphatic carbocycles. The van der Waals surface area contributed by atoms with Crippen LogP contribution in [0.5, 0.6) is 0 Å². The van der Waals surface area contributed by atoms with E-state index in [1.165, 1.54) is 29.5 Å². The molecule has 1 aromatic heterocycles. The molecule has 1 amide bonds. The lowest BCUT2D eigenvalue weighted by Crippen LogP contribution is -2.17. The Morgan fingerprint density at radius 3 is 2.83 bits per heavy atom. The summed E-state index contributed by atoms with van der Waals surface area (Å²) in [6.45, 7) is 2.75. The van der Waals surface area contributed by atoms with E-state index in [9.17, 15) is 9.18 Å². The van der Waals surface area contributed by atoms with Gasteiger partial charge in [0.2, 0.25) is 0 Å². The number of aryl methyl sites for hydroxylation is 1. The van der Waals surface area contributed by atoms with Crippen molar-refractivity contribution in [2.24, 2.45) is 4.99 Å². The van der Waals surface area contributed by atoms with Crippen molar-refractivity contribution < 1.29 is 9.18 Å². The summed E-state index contributed by atoms with van der Waals surface area (Å²) in [5.74, 6) is -0.913. The lowest BCUT2D eigenvalue weighted by atomic mass is 10.2. The van der Waals surface area contributed by atoms with Gasteiger partial charge >= 0.3 is 0 Å². The highest BCUT2D eigenvalue weighted by molar-refractivity contribution is 7.16. The molecular formula is C17H14ClFN2OS. The monoisotopic (exact) mass is 348 g/mol. The van der Waals surface area contributed by atoms with Gasteiger partial charge in [-0.15, -0.1) is 0 Å². The molecule has 0 fully saturated rings. The van der Waals surface area contributed by atoms with Gasteiger partial charge in [-0.1, -0.05) is 42.0 Å². The first-order valence-electron chi connectivity index (χ1n) is 7.22. The van der Waals surface area contributed by atoms with Gasteiger partial charge in [0.25, 0.3) is 5.91 Å². The van der Waals surface area contributed by atoms with Crippen molar-refractivity contribution in [1.82, 2.24) is 4.57 Å². The number of halogens is 2. The van der Waals surface area contributed by atoms with Crippen LogP contribution in [-0.4, -0.2) is 10.5 Å². The summed E-state index contributed by atoms with van der Waals surface area (Å²) in [4.78, 5) is 17.1. The Hall–Kier alpha value is -1.98. The van der Waals surface area contributed by atoms with Gasteiger partial charge in [-0.05, 0) is 36.8 Å². The van der Waals surface area contributed by atoms with Crippen LogP contribution in [0, 0.1) is 5.82 Å². The van der Waals surface area contributed by atoms with Crippen molar-refractivity contribution in [2.45, 2.75) is 19.9 Å². The van der Waals surface area contributed by atoms with Gasteiger partial charge in [-0.25, -0.2) is 4.39 Å². The number of thiazole rings is 1. The summed E-state index contributed by atoms with van der Waals surface area (Å²) in [5.41, 5.74) is 1.11. The number of benzene rings is 2. The highest BCUT2D eigenvalue weighted by Crippen LogP contribution is 2.25. The largest absolute Gasteiger partial charge is 0.315 e. The maximum Gasteiger partial charge on any atom is 0.279 e. The van der Waals surface area contributed by atoms with Crippen LogP contribution >= 0.6 is 22.9 Å². The fraction of sp³-hybridized carbons (Fsp3) is 0.176. The molecule has 0 radical (unpaired) electrons. The number of nitrogens with zero attached hydrogens (tertiary/aromatic N) is 2. The van der Waals surface area contributed by atoms with Crippen LogP contribution in [-0.2, 0) is 6.54 Å². The lowest BCUT2D eigenvalue weighted by molar-refractivity contribution is 0.0997. The van der Waals surface area contributed by atoms with Crippen LogP contribution < -0.4 is 4.80 Å². The minimum absolute atomic E-state index is 0.233. The number of hydrogen-bond acceptors (Lipinski definition) is 2. The molecule has 2 aromatic carbocycles. The molecule has 0 bridgehead atoms. The molecule has 3 aromatic rings. The quantitative estimate of drug-likeness (QED) is 0.678. The molecule has 118 valence electrons. The number of hydrogen-bond donors (Lipinski definition) is 0. The fourth-order valence-electron chi connectivity index (χ4n) is 2.38. The Bertz CT molecular complexity index is 945. The summed E-state index contributed by atoms with van der Waals surface area (Å²) in [6.07, 6.45) is 0.887. The molecule has 3 rings (SSSR count). The van der Waals surface area contributed by atoms with Crippen LogP contribution in [0.1, 0.15) is 23.7 Å². The molecule has 6 heteroatoms. The zero-order valence-corrected chi connectivity index (χ0v) is 14.0. The van der Waals surface area contributed by atoms with Crippen LogP contribution in [0.15, 0.2) is 47.5 Å². The number of rotatable bonds is 3. The van der Waals surface area contributed by atoms with Crippen molar-refractivity contribution in [3.05, 3.63) is 63.7 Å². The van der Waals surface area contributed by atoms with E-state index in [1.807, 2.05) is 29.7 Å². The highest BCUT2D eigenvalue weighted by Gasteiger charge is 2.11. The van der Waals surface area contributed by atoms with E-state index in [0.717, 1.165) is 16.6 Å². The summed E-state index contributed by atoms with van der Waals surface area (Å²) in [6, 6.07) is 11.2. The van der Waals surface area contributed by atoms with Gasteiger partial charge in [0.05, 0.1) is 15.2 Å². The van der Waals surface area contributed by atoms with Gasteiger partial charge in [0, 0.05) is 12.1 Å². The van der Waals surface area contributed by atoms with Gasteiger partial charge < -0.3 is 4.57 Å². The number of amides is 1. The third-order valence-corrected chi connectivity index (χ3v) is 4.72. The Balaban J connectivity index is 2.17. The van der Waals surface area contributed by atoms with E-state index in [-0.39, 0.29) is 5.56 Å². The summed E-state index contributed by atoms with van der Waals surface area (Å²) in [7, 11) is 0. The van der Waals surface area contributed by atoms with Crippen LogP contribution in [0.2, 0.25) is 5.02 Å². The smallest absolute Gasteiger partial charge is 0.279 e. The molecule has 3 nitrogen and oxygen atoms in total. The molecule has 0 N–H and O–H groups in total. The number of carbonyl (C=O) groups excluding carboxylic acids is 1. The second-order valence-electron chi connectivity index (χ2n) is 5.05. The first-order chi connectivity index (χ1) is 11.1. The van der Waals surface area contributed by atoms with Crippen molar-refractivity contribution in [2.75, 3.05) is 0 Å². The van der Waals surface area contributed by atoms with Crippen molar-refractivity contribution >= 4 is 39.1 Å². The standard InChI is InChI=1S/C17H14ClFN2OS/c1-2-9-21-15-13(18)7-4-8-14(15)23-17(21)20-16(22)11-5-3-6-12(19)10-11/h3-8,10H,2,9H2,1H3. The van der Waals surface area contributed by atoms with Gasteiger partial charge in [0.15, 0.2) is 4.80 Å². The summed E-state index contributed by atoms with van der Waals surface area (Å²) < 4.78 is 16.2. The van der Waals surface area contributed by atoms with E-state index in [2.05, 4.69) is 4.99 Å². The molecule has 0 unspecified atom stereocenters. The summed E-state index contributed by atoms with van der Waals surface area (Å²) in [5, 5.41) is 0.631. The molecule has 23 heavy (non-hydrogen) atoms. The maximum absolute atomic E-state index is 13.3. The second-order valence-corrected chi connectivity index (χ2v) is 6.47. The van der Waals surface area contributed by atoms with Crippen LogP contribution in [0.25, 0.3) is 10.2 Å². The van der Waals surface area contributed by atoms with E-state index >= 15 is 0 Å². The van der Waals surface area contributed by atoms with Gasteiger partial charge in [-0.2, -0.15) is 4.99 Å². The third-order valence-electron chi connectivity index (χ3n) is 3.37. The zero-order valence-electron chi connectivity index (χ0n) is 12.4. The minimum Gasteiger partial charge on any atom is -0.315 e. The lowest BCUT2D eigenvalue weighted by Gasteiger charge is -2.04. The van der Waals surface area contributed by atoms with Crippen LogP contribution in [0.4, 0.5) is 4.39 Å². The average Bonchev–Trinajstić information content (AvgIpc) is 2.86. The molecule has 0 spiro atoms. The number of fused-ring (bicyclic) bond motifs is 1. The number of para-hydroxylation sites is 1. The second kappa shape index (κ2) is 6.64. The predicted molar refractivity (Wildman–Crippen MR) is 91.4 cm³/mol. The van der Waals surface area contributed by atoms with Crippen molar-refractivity contribution in [3.63, 3.8) is 0 Å². The maximum atomic E-state index is 13.3. The van der Waals surface area contributed by atoms with E-state index < -0.39 is 11.7 Å². The van der Waals surface area contributed by atoms with Crippen molar-refractivity contribution in [3.8, 4) is 0 Å². The average molecular weight is 349 g/mol. The predicted octanol–water partition coefficient (Wildman–Crippen LogP) is 4.65. The fourth-order valence-corrected chi connectivity index (χ4v) is 3.79. The molecule has 0 atom stereocenters. The summed E-state index contributed by atoms with van der Waals surface area (Å²) >= 11 is 7.70. The minimum atomic E-state index is -0.461. The number of aromatic nitrogens is 1. The van der Waals surface area contributed by atoms with Gasteiger partial charge in [-0.3, -0.25) is 4.79 Å².